The van der Waals surface area contributed by atoms with E-state index in [4.69, 9.17) is 17.2 Å². The van der Waals surface area contributed by atoms with E-state index in [0.29, 0.717) is 11.2 Å². The number of anilines is 3. The highest BCUT2D eigenvalue weighted by Gasteiger charge is 2.13. The van der Waals surface area contributed by atoms with Crippen LogP contribution < -0.4 is 22.5 Å². The third-order valence-corrected chi connectivity index (χ3v) is 4.08. The van der Waals surface area contributed by atoms with Crippen molar-refractivity contribution in [1.29, 1.82) is 0 Å². The van der Waals surface area contributed by atoms with Crippen molar-refractivity contribution in [2.45, 2.75) is 6.42 Å². The molecule has 0 bridgehead atoms. The SMILES string of the molecule is CNC.Nc1nc(N)c2nc(-c3ccc(Cc4ccccc4)cc3)c(N)nc2n1. The van der Waals surface area contributed by atoms with Crippen LogP contribution in [0.3, 0.4) is 0 Å². The Morgan fingerprint density at radius 3 is 2.00 bits per heavy atom. The van der Waals surface area contributed by atoms with Gasteiger partial charge in [-0.25, -0.2) is 9.97 Å². The summed E-state index contributed by atoms with van der Waals surface area (Å²) < 4.78 is 0. The number of nitrogen functional groups attached to an aromatic ring is 3. The molecule has 0 aliphatic heterocycles. The first-order valence-corrected chi connectivity index (χ1v) is 9.09. The molecule has 0 radical (unpaired) electrons. The van der Waals surface area contributed by atoms with Crippen LogP contribution in [0.5, 0.6) is 0 Å². The average molecular weight is 388 g/mol. The van der Waals surface area contributed by atoms with E-state index in [1.807, 2.05) is 44.4 Å². The maximum absolute atomic E-state index is 6.06. The van der Waals surface area contributed by atoms with Gasteiger partial charge in [0.05, 0.1) is 0 Å². The Hall–Kier alpha value is -3.78. The normalized spacial score (nSPS) is 10.4. The van der Waals surface area contributed by atoms with E-state index >= 15 is 0 Å². The first-order chi connectivity index (χ1) is 14.0. The van der Waals surface area contributed by atoms with Gasteiger partial charge in [-0.05, 0) is 31.6 Å². The Labute approximate surface area is 169 Å². The molecule has 8 nitrogen and oxygen atoms in total. The van der Waals surface area contributed by atoms with Gasteiger partial charge in [-0.2, -0.15) is 9.97 Å². The Balaban J connectivity index is 0.000000755. The number of nitrogens with zero attached hydrogens (tertiary/aromatic N) is 4. The van der Waals surface area contributed by atoms with E-state index in [2.05, 4.69) is 49.5 Å². The van der Waals surface area contributed by atoms with Gasteiger partial charge < -0.3 is 22.5 Å². The average Bonchev–Trinajstić information content (AvgIpc) is 2.69. The van der Waals surface area contributed by atoms with E-state index in [0.717, 1.165) is 12.0 Å². The van der Waals surface area contributed by atoms with Gasteiger partial charge in [-0.15, -0.1) is 0 Å². The molecule has 2 heterocycles. The van der Waals surface area contributed by atoms with Gasteiger partial charge >= 0.3 is 0 Å². The van der Waals surface area contributed by atoms with E-state index < -0.39 is 0 Å². The van der Waals surface area contributed by atoms with E-state index in [-0.39, 0.29) is 23.2 Å². The molecular formula is C21H24N8. The first-order valence-electron chi connectivity index (χ1n) is 9.09. The van der Waals surface area contributed by atoms with Crippen molar-refractivity contribution in [3.63, 3.8) is 0 Å². The number of nitrogens with one attached hydrogen (secondary N) is 1. The molecule has 0 spiro atoms. The highest BCUT2D eigenvalue weighted by molar-refractivity contribution is 5.87. The molecule has 0 unspecified atom stereocenters. The van der Waals surface area contributed by atoms with Crippen LogP contribution in [0, 0.1) is 0 Å². The molecule has 0 atom stereocenters. The van der Waals surface area contributed by atoms with Gasteiger partial charge in [-0.1, -0.05) is 54.6 Å². The molecule has 0 saturated carbocycles. The highest BCUT2D eigenvalue weighted by Crippen LogP contribution is 2.27. The number of hydrogen-bond donors (Lipinski definition) is 4. The summed E-state index contributed by atoms with van der Waals surface area (Å²) in [4.78, 5) is 16.7. The first kappa shape index (κ1) is 20.0. The smallest absolute Gasteiger partial charge is 0.224 e. The third kappa shape index (κ3) is 4.74. The lowest BCUT2D eigenvalue weighted by atomic mass is 10.0. The Morgan fingerprint density at radius 2 is 1.34 bits per heavy atom. The number of aromatic nitrogens is 4. The lowest BCUT2D eigenvalue weighted by molar-refractivity contribution is 1.02. The lowest BCUT2D eigenvalue weighted by Gasteiger charge is -2.08. The summed E-state index contributed by atoms with van der Waals surface area (Å²) in [6.45, 7) is 0. The number of fused-ring (bicyclic) bond motifs is 1. The summed E-state index contributed by atoms with van der Waals surface area (Å²) in [7, 11) is 3.75. The Bertz CT molecular complexity index is 1100. The standard InChI is InChI=1S/C19H17N7.C2H7N/c20-16-14(23-15-17(21)25-19(22)26-18(15)24-16)13-8-6-12(7-9-13)10-11-4-2-1-3-5-11;1-3-2/h1-9H,10H2,(H6,20,21,22,24,25,26);3H,1-2H3. The minimum atomic E-state index is 0.0433. The van der Waals surface area contributed by atoms with Crippen LogP contribution >= 0.6 is 0 Å². The van der Waals surface area contributed by atoms with Crippen molar-refractivity contribution in [1.82, 2.24) is 25.3 Å². The molecule has 0 fully saturated rings. The van der Waals surface area contributed by atoms with Gasteiger partial charge in [0.15, 0.2) is 22.8 Å². The minimum absolute atomic E-state index is 0.0433. The maximum atomic E-state index is 6.06. The van der Waals surface area contributed by atoms with E-state index in [1.165, 1.54) is 11.1 Å². The zero-order valence-electron chi connectivity index (χ0n) is 16.4. The summed E-state index contributed by atoms with van der Waals surface area (Å²) in [6, 6.07) is 18.3. The quantitative estimate of drug-likeness (QED) is 0.419. The molecule has 0 amide bonds. The molecule has 0 aliphatic carbocycles. The Morgan fingerprint density at radius 1 is 0.724 bits per heavy atom. The summed E-state index contributed by atoms with van der Waals surface area (Å²) in [6.07, 6.45) is 0.861. The van der Waals surface area contributed by atoms with Crippen molar-refractivity contribution in [2.24, 2.45) is 0 Å². The van der Waals surface area contributed by atoms with Crippen molar-refractivity contribution >= 4 is 28.7 Å². The summed E-state index contributed by atoms with van der Waals surface area (Å²) in [5.74, 6) is 0.495. The molecule has 8 heteroatoms. The molecule has 148 valence electrons. The molecule has 2 aromatic heterocycles. The third-order valence-electron chi connectivity index (χ3n) is 4.08. The predicted molar refractivity (Wildman–Crippen MR) is 118 cm³/mol. The van der Waals surface area contributed by atoms with Crippen molar-refractivity contribution in [2.75, 3.05) is 31.3 Å². The molecule has 0 saturated heterocycles. The number of benzene rings is 2. The van der Waals surface area contributed by atoms with Crippen LogP contribution in [0.15, 0.2) is 54.6 Å². The topological polar surface area (TPSA) is 142 Å². The molecule has 2 aromatic carbocycles. The zero-order valence-corrected chi connectivity index (χ0v) is 16.4. The molecule has 7 N–H and O–H groups in total. The Kier molecular flexibility index (Phi) is 6.16. The fourth-order valence-electron chi connectivity index (χ4n) is 2.82. The van der Waals surface area contributed by atoms with Crippen LogP contribution in [0.2, 0.25) is 0 Å². The molecule has 4 rings (SSSR count). The summed E-state index contributed by atoms with van der Waals surface area (Å²) in [5.41, 5.74) is 22.1. The van der Waals surface area contributed by atoms with Gasteiger partial charge in [0.1, 0.15) is 5.69 Å². The van der Waals surface area contributed by atoms with Crippen LogP contribution in [-0.4, -0.2) is 34.0 Å². The van der Waals surface area contributed by atoms with E-state index in [1.54, 1.807) is 0 Å². The second kappa shape index (κ2) is 8.94. The fourth-order valence-corrected chi connectivity index (χ4v) is 2.82. The van der Waals surface area contributed by atoms with Crippen molar-refractivity contribution < 1.29 is 0 Å². The molecule has 4 aromatic rings. The van der Waals surface area contributed by atoms with Crippen LogP contribution in [-0.2, 0) is 6.42 Å². The van der Waals surface area contributed by atoms with Crippen LogP contribution in [0.1, 0.15) is 11.1 Å². The molecule has 29 heavy (non-hydrogen) atoms. The minimum Gasteiger partial charge on any atom is -0.382 e. The highest BCUT2D eigenvalue weighted by atomic mass is 15.1. The lowest BCUT2D eigenvalue weighted by Crippen LogP contribution is -2.06. The molecular weight excluding hydrogens is 364 g/mol. The number of nitrogens with two attached hydrogens (primary N) is 3. The van der Waals surface area contributed by atoms with Crippen LogP contribution in [0.4, 0.5) is 17.6 Å². The summed E-state index contributed by atoms with van der Waals surface area (Å²) >= 11 is 0. The van der Waals surface area contributed by atoms with Crippen molar-refractivity contribution in [3.05, 3.63) is 65.7 Å². The van der Waals surface area contributed by atoms with Crippen LogP contribution in [0.25, 0.3) is 22.4 Å². The maximum Gasteiger partial charge on any atom is 0.224 e. The molecule has 0 aliphatic rings. The number of hydrogen-bond acceptors (Lipinski definition) is 8. The monoisotopic (exact) mass is 388 g/mol. The fraction of sp³-hybridized carbons (Fsp3) is 0.143. The largest absolute Gasteiger partial charge is 0.382 e. The van der Waals surface area contributed by atoms with Gasteiger partial charge in [0.2, 0.25) is 5.95 Å². The van der Waals surface area contributed by atoms with E-state index in [9.17, 15) is 0 Å². The van der Waals surface area contributed by atoms with Crippen molar-refractivity contribution in [3.8, 4) is 11.3 Å². The second-order valence-corrected chi connectivity index (χ2v) is 6.46. The predicted octanol–water partition coefficient (Wildman–Crippen LogP) is 2.26. The summed E-state index contributed by atoms with van der Waals surface area (Å²) in [5, 5.41) is 2.75. The zero-order chi connectivity index (χ0) is 20.8. The number of rotatable bonds is 3. The van der Waals surface area contributed by atoms with Gasteiger partial charge in [0.25, 0.3) is 0 Å². The van der Waals surface area contributed by atoms with Gasteiger partial charge in [0, 0.05) is 5.56 Å². The second-order valence-electron chi connectivity index (χ2n) is 6.46. The van der Waals surface area contributed by atoms with Gasteiger partial charge in [-0.3, -0.25) is 0 Å².